The highest BCUT2D eigenvalue weighted by atomic mass is 16.5. The SMILES string of the molecule is CCC(=O)O[C@@H]1CCC2C3CCC4=CC(=O)C(C)=C[C@]4(C)C3CC[C@@]21C. The molecule has 0 radical (unpaired) electrons. The Morgan fingerprint density at radius 3 is 2.69 bits per heavy atom. The summed E-state index contributed by atoms with van der Waals surface area (Å²) >= 11 is 0. The molecule has 4 aliphatic rings. The molecule has 0 aromatic rings. The van der Waals surface area contributed by atoms with E-state index in [1.807, 2.05) is 19.9 Å². The maximum atomic E-state index is 12.2. The van der Waals surface area contributed by atoms with E-state index in [1.54, 1.807) is 0 Å². The van der Waals surface area contributed by atoms with Crippen LogP contribution < -0.4 is 0 Å². The van der Waals surface area contributed by atoms with Crippen molar-refractivity contribution in [3.8, 4) is 0 Å². The van der Waals surface area contributed by atoms with Crippen LogP contribution in [0.2, 0.25) is 0 Å². The molecule has 3 saturated carbocycles. The van der Waals surface area contributed by atoms with E-state index < -0.39 is 0 Å². The molecule has 0 amide bonds. The first-order valence-corrected chi connectivity index (χ1v) is 10.4. The summed E-state index contributed by atoms with van der Waals surface area (Å²) in [5.74, 6) is 2.08. The van der Waals surface area contributed by atoms with Crippen molar-refractivity contribution in [1.29, 1.82) is 0 Å². The van der Waals surface area contributed by atoms with Crippen LogP contribution in [0.15, 0.2) is 23.3 Å². The third-order valence-corrected chi connectivity index (χ3v) is 8.33. The number of fused-ring (bicyclic) bond motifs is 5. The molecule has 3 fully saturated rings. The summed E-state index contributed by atoms with van der Waals surface area (Å²) in [6, 6.07) is 0. The molecule has 26 heavy (non-hydrogen) atoms. The second-order valence-electron chi connectivity index (χ2n) is 9.51. The molecule has 4 aliphatic carbocycles. The van der Waals surface area contributed by atoms with Crippen LogP contribution in [0, 0.1) is 28.6 Å². The maximum Gasteiger partial charge on any atom is 0.305 e. The molecule has 0 saturated heterocycles. The molecule has 0 bridgehead atoms. The highest BCUT2D eigenvalue weighted by molar-refractivity contribution is 6.05. The molecule has 4 rings (SSSR count). The summed E-state index contributed by atoms with van der Waals surface area (Å²) in [4.78, 5) is 24.1. The largest absolute Gasteiger partial charge is 0.462 e. The molecule has 142 valence electrons. The quantitative estimate of drug-likeness (QED) is 0.654. The Morgan fingerprint density at radius 2 is 1.96 bits per heavy atom. The van der Waals surface area contributed by atoms with Gasteiger partial charge in [-0.3, -0.25) is 9.59 Å². The van der Waals surface area contributed by atoms with Crippen LogP contribution in [0.25, 0.3) is 0 Å². The van der Waals surface area contributed by atoms with Gasteiger partial charge in [0.1, 0.15) is 6.10 Å². The van der Waals surface area contributed by atoms with E-state index in [4.69, 9.17) is 4.74 Å². The van der Waals surface area contributed by atoms with Crippen molar-refractivity contribution in [2.45, 2.75) is 78.7 Å². The first kappa shape index (κ1) is 18.0. The Hall–Kier alpha value is -1.38. The number of ketones is 1. The summed E-state index contributed by atoms with van der Waals surface area (Å²) < 4.78 is 5.87. The van der Waals surface area contributed by atoms with E-state index in [0.717, 1.165) is 24.8 Å². The van der Waals surface area contributed by atoms with E-state index in [1.165, 1.54) is 24.8 Å². The number of hydrogen-bond donors (Lipinski definition) is 0. The van der Waals surface area contributed by atoms with Gasteiger partial charge in [0.05, 0.1) is 0 Å². The molecule has 3 unspecified atom stereocenters. The molecule has 3 heteroatoms. The zero-order chi connectivity index (χ0) is 18.7. The van der Waals surface area contributed by atoms with Crippen molar-refractivity contribution in [2.24, 2.45) is 28.6 Å². The molecule has 3 nitrogen and oxygen atoms in total. The molecule has 0 heterocycles. The first-order valence-electron chi connectivity index (χ1n) is 10.4. The second-order valence-corrected chi connectivity index (χ2v) is 9.51. The number of allylic oxidation sites excluding steroid dienone is 4. The Labute approximate surface area is 157 Å². The van der Waals surface area contributed by atoms with Gasteiger partial charge < -0.3 is 4.74 Å². The van der Waals surface area contributed by atoms with Crippen LogP contribution >= 0.6 is 0 Å². The fraction of sp³-hybridized carbons (Fsp3) is 0.739. The van der Waals surface area contributed by atoms with Crippen molar-refractivity contribution in [1.82, 2.24) is 0 Å². The van der Waals surface area contributed by atoms with Crippen LogP contribution in [0.5, 0.6) is 0 Å². The third kappa shape index (κ3) is 2.46. The van der Waals surface area contributed by atoms with Gasteiger partial charge in [0.2, 0.25) is 0 Å². The molecule has 0 aromatic heterocycles. The smallest absolute Gasteiger partial charge is 0.305 e. The van der Waals surface area contributed by atoms with Crippen LogP contribution in [0.3, 0.4) is 0 Å². The average Bonchev–Trinajstić information content (AvgIpc) is 2.93. The fourth-order valence-electron chi connectivity index (χ4n) is 6.87. The zero-order valence-electron chi connectivity index (χ0n) is 16.6. The standard InChI is InChI=1S/C23H32O3/c1-5-21(25)26-20-9-8-17-16-7-6-15-12-19(24)14(2)13-23(15,4)18(16)10-11-22(17,20)3/h12-13,16-18,20H,5-11H2,1-4H3/t16?,17?,18?,20-,22+,23+/m1/s1. The van der Waals surface area contributed by atoms with Crippen molar-refractivity contribution in [3.05, 3.63) is 23.3 Å². The molecule has 0 aliphatic heterocycles. The fourth-order valence-corrected chi connectivity index (χ4v) is 6.87. The Balaban J connectivity index is 1.62. The van der Waals surface area contributed by atoms with Gasteiger partial charge in [0.15, 0.2) is 5.78 Å². The minimum Gasteiger partial charge on any atom is -0.462 e. The number of ether oxygens (including phenoxy) is 1. The number of hydrogen-bond acceptors (Lipinski definition) is 3. The molecular weight excluding hydrogens is 324 g/mol. The van der Waals surface area contributed by atoms with Crippen molar-refractivity contribution in [3.63, 3.8) is 0 Å². The predicted molar refractivity (Wildman–Crippen MR) is 101 cm³/mol. The van der Waals surface area contributed by atoms with Gasteiger partial charge in [-0.15, -0.1) is 0 Å². The lowest BCUT2D eigenvalue weighted by atomic mass is 9.48. The zero-order valence-corrected chi connectivity index (χ0v) is 16.6. The van der Waals surface area contributed by atoms with Crippen LogP contribution in [-0.2, 0) is 14.3 Å². The van der Waals surface area contributed by atoms with Gasteiger partial charge in [-0.25, -0.2) is 0 Å². The van der Waals surface area contributed by atoms with Crippen LogP contribution in [0.4, 0.5) is 0 Å². The summed E-state index contributed by atoms with van der Waals surface area (Å²) in [6.07, 6.45) is 11.5. The third-order valence-electron chi connectivity index (χ3n) is 8.33. The summed E-state index contributed by atoms with van der Waals surface area (Å²) in [5.41, 5.74) is 2.43. The first-order chi connectivity index (χ1) is 12.3. The minimum atomic E-state index is -0.0517. The van der Waals surface area contributed by atoms with Crippen molar-refractivity contribution >= 4 is 11.8 Å². The highest BCUT2D eigenvalue weighted by Crippen LogP contribution is 2.65. The summed E-state index contributed by atoms with van der Waals surface area (Å²) in [5, 5.41) is 0. The van der Waals surface area contributed by atoms with Gasteiger partial charge >= 0.3 is 5.97 Å². The molecular formula is C23H32O3. The maximum absolute atomic E-state index is 12.2. The van der Waals surface area contributed by atoms with Gasteiger partial charge in [0.25, 0.3) is 0 Å². The van der Waals surface area contributed by atoms with Crippen LogP contribution in [-0.4, -0.2) is 17.9 Å². The van der Waals surface area contributed by atoms with E-state index in [0.29, 0.717) is 24.2 Å². The molecule has 0 N–H and O–H groups in total. The normalized spacial score (nSPS) is 44.4. The van der Waals surface area contributed by atoms with Gasteiger partial charge in [-0.05, 0) is 74.9 Å². The summed E-state index contributed by atoms with van der Waals surface area (Å²) in [6.45, 7) is 8.57. The minimum absolute atomic E-state index is 0.0421. The Morgan fingerprint density at radius 1 is 1.19 bits per heavy atom. The van der Waals surface area contributed by atoms with E-state index in [2.05, 4.69) is 19.9 Å². The molecule has 0 aromatic carbocycles. The van der Waals surface area contributed by atoms with Gasteiger partial charge in [-0.1, -0.05) is 32.4 Å². The van der Waals surface area contributed by atoms with Gasteiger partial charge in [-0.2, -0.15) is 0 Å². The highest BCUT2D eigenvalue weighted by Gasteiger charge is 2.59. The van der Waals surface area contributed by atoms with Gasteiger partial charge in [0, 0.05) is 17.3 Å². The topological polar surface area (TPSA) is 43.4 Å². The lowest BCUT2D eigenvalue weighted by molar-refractivity contribution is -0.158. The van der Waals surface area contributed by atoms with Crippen LogP contribution in [0.1, 0.15) is 72.6 Å². The number of esters is 1. The monoisotopic (exact) mass is 356 g/mol. The average molecular weight is 357 g/mol. The number of carbonyl (C=O) groups excluding carboxylic acids is 2. The lowest BCUT2D eigenvalue weighted by Gasteiger charge is -2.56. The number of carbonyl (C=O) groups is 2. The number of rotatable bonds is 2. The predicted octanol–water partition coefficient (Wildman–Crippen LogP) is 5.01. The molecule has 0 spiro atoms. The summed E-state index contributed by atoms with van der Waals surface area (Å²) in [7, 11) is 0. The van der Waals surface area contributed by atoms with Crippen molar-refractivity contribution < 1.29 is 14.3 Å². The Kier molecular flexibility index (Phi) is 4.20. The van der Waals surface area contributed by atoms with E-state index in [-0.39, 0.29) is 28.7 Å². The van der Waals surface area contributed by atoms with E-state index in [9.17, 15) is 9.59 Å². The Bertz CT molecular complexity index is 702. The molecule has 6 atom stereocenters. The second kappa shape index (κ2) is 6.07. The van der Waals surface area contributed by atoms with Crippen molar-refractivity contribution in [2.75, 3.05) is 0 Å². The van der Waals surface area contributed by atoms with E-state index >= 15 is 0 Å². The lowest BCUT2D eigenvalue weighted by Crippen LogP contribution is -2.51.